The number of anilines is 1. The molecule has 2 amide bonds. The number of sulfonamides is 1. The highest BCUT2D eigenvalue weighted by Gasteiger charge is 2.35. The maximum absolute atomic E-state index is 14.5. The van der Waals surface area contributed by atoms with Gasteiger partial charge in [-0.1, -0.05) is 113 Å². The van der Waals surface area contributed by atoms with E-state index >= 15 is 0 Å². The molecule has 1 aliphatic carbocycles. The Hall–Kier alpha value is -3.95. The molecule has 4 aromatic carbocycles. The summed E-state index contributed by atoms with van der Waals surface area (Å²) < 4.78 is 30.1. The van der Waals surface area contributed by atoms with E-state index in [-0.39, 0.29) is 23.4 Å². The smallest absolute Gasteiger partial charge is 0.264 e. The molecular weight excluding hydrogens is 650 g/mol. The SMILES string of the molecule is Cc1ccc(S(=O)(=O)N(CC(=O)N(Cc2ccccc2)C(Cc2ccccc2)C(=O)NC2CCCC2)c2cccc(Br)c2)cc1. The normalized spacial score (nSPS) is 14.1. The predicted octanol–water partition coefficient (Wildman–Crippen LogP) is 6.65. The van der Waals surface area contributed by atoms with E-state index in [4.69, 9.17) is 0 Å². The summed E-state index contributed by atoms with van der Waals surface area (Å²) >= 11 is 3.45. The fraction of sp³-hybridized carbons (Fsp3) is 0.278. The van der Waals surface area contributed by atoms with E-state index in [9.17, 15) is 18.0 Å². The number of carbonyl (C=O) groups excluding carboxylic acids is 2. The molecule has 0 saturated heterocycles. The third-order valence-corrected chi connectivity index (χ3v) is 10.4. The van der Waals surface area contributed by atoms with Crippen molar-refractivity contribution in [2.24, 2.45) is 0 Å². The molecule has 7 nitrogen and oxygen atoms in total. The van der Waals surface area contributed by atoms with Gasteiger partial charge < -0.3 is 10.2 Å². The summed E-state index contributed by atoms with van der Waals surface area (Å²) in [6.45, 7) is 1.55. The molecule has 45 heavy (non-hydrogen) atoms. The Morgan fingerprint density at radius 2 is 1.47 bits per heavy atom. The highest BCUT2D eigenvalue weighted by atomic mass is 79.9. The van der Waals surface area contributed by atoms with Gasteiger partial charge in [0.2, 0.25) is 11.8 Å². The second-order valence-corrected chi connectivity index (χ2v) is 14.3. The molecule has 1 saturated carbocycles. The molecule has 0 heterocycles. The summed E-state index contributed by atoms with van der Waals surface area (Å²) in [5, 5.41) is 3.20. The van der Waals surface area contributed by atoms with Crippen LogP contribution in [0.4, 0.5) is 5.69 Å². The lowest BCUT2D eigenvalue weighted by atomic mass is 10.0. The van der Waals surface area contributed by atoms with Crippen LogP contribution in [0.15, 0.2) is 119 Å². The van der Waals surface area contributed by atoms with Crippen molar-refractivity contribution in [1.82, 2.24) is 10.2 Å². The van der Waals surface area contributed by atoms with Gasteiger partial charge in [0.05, 0.1) is 10.6 Å². The minimum Gasteiger partial charge on any atom is -0.352 e. The summed E-state index contributed by atoms with van der Waals surface area (Å²) in [7, 11) is -4.15. The van der Waals surface area contributed by atoms with Crippen LogP contribution in [-0.2, 0) is 32.6 Å². The number of nitrogens with one attached hydrogen (secondary N) is 1. The molecule has 0 radical (unpaired) electrons. The van der Waals surface area contributed by atoms with Crippen LogP contribution in [0.2, 0.25) is 0 Å². The summed E-state index contributed by atoms with van der Waals surface area (Å²) in [5.74, 6) is -0.706. The van der Waals surface area contributed by atoms with E-state index in [0.717, 1.165) is 46.7 Å². The summed E-state index contributed by atoms with van der Waals surface area (Å²) in [5.41, 5.74) is 3.01. The van der Waals surface area contributed by atoms with Crippen molar-refractivity contribution in [3.05, 3.63) is 130 Å². The Labute approximate surface area is 274 Å². The lowest BCUT2D eigenvalue weighted by Crippen LogP contribution is -2.54. The van der Waals surface area contributed by atoms with Gasteiger partial charge in [-0.05, 0) is 61.2 Å². The minimum absolute atomic E-state index is 0.0598. The molecule has 1 unspecified atom stereocenters. The van der Waals surface area contributed by atoms with Crippen molar-refractivity contribution in [3.63, 3.8) is 0 Å². The number of rotatable bonds is 12. The largest absolute Gasteiger partial charge is 0.352 e. The number of aryl methyl sites for hydroxylation is 1. The van der Waals surface area contributed by atoms with Crippen LogP contribution in [0.1, 0.15) is 42.4 Å². The average molecular weight is 689 g/mol. The van der Waals surface area contributed by atoms with E-state index < -0.39 is 28.5 Å². The highest BCUT2D eigenvalue weighted by molar-refractivity contribution is 9.10. The molecule has 9 heteroatoms. The molecule has 4 aromatic rings. The van der Waals surface area contributed by atoms with E-state index in [0.29, 0.717) is 16.6 Å². The zero-order valence-corrected chi connectivity index (χ0v) is 27.7. The van der Waals surface area contributed by atoms with Crippen molar-refractivity contribution in [1.29, 1.82) is 0 Å². The number of nitrogens with zero attached hydrogens (tertiary/aromatic N) is 2. The average Bonchev–Trinajstić information content (AvgIpc) is 3.55. The van der Waals surface area contributed by atoms with Crippen molar-refractivity contribution in [2.75, 3.05) is 10.8 Å². The second kappa shape index (κ2) is 14.9. The van der Waals surface area contributed by atoms with Gasteiger partial charge >= 0.3 is 0 Å². The number of amides is 2. The molecule has 0 aliphatic heterocycles. The Morgan fingerprint density at radius 3 is 2.09 bits per heavy atom. The standard InChI is InChI=1S/C36H38BrN3O4S/c1-27-19-21-33(22-20-27)45(43,44)40(32-18-10-15-30(37)24-32)26-35(41)39(25-29-13-6-3-7-14-29)34(23-28-11-4-2-5-12-28)36(42)38-31-16-8-9-17-31/h2-7,10-15,18-22,24,31,34H,8-9,16-17,23,25-26H2,1H3,(H,38,42). The monoisotopic (exact) mass is 687 g/mol. The van der Waals surface area contributed by atoms with Gasteiger partial charge in [-0.2, -0.15) is 0 Å². The lowest BCUT2D eigenvalue weighted by Gasteiger charge is -2.34. The first kappa shape index (κ1) is 32.4. The van der Waals surface area contributed by atoms with Gasteiger partial charge in [0.15, 0.2) is 0 Å². The molecular formula is C36H38BrN3O4S. The van der Waals surface area contributed by atoms with Crippen molar-refractivity contribution < 1.29 is 18.0 Å². The van der Waals surface area contributed by atoms with Crippen LogP contribution in [0, 0.1) is 6.92 Å². The zero-order chi connectivity index (χ0) is 31.8. The van der Waals surface area contributed by atoms with Gasteiger partial charge in [-0.15, -0.1) is 0 Å². The predicted molar refractivity (Wildman–Crippen MR) is 181 cm³/mol. The van der Waals surface area contributed by atoms with Gasteiger partial charge in [-0.25, -0.2) is 8.42 Å². The number of hydrogen-bond acceptors (Lipinski definition) is 4. The summed E-state index contributed by atoms with van der Waals surface area (Å²) in [6, 6.07) is 31.7. The minimum atomic E-state index is -4.15. The first-order valence-corrected chi connectivity index (χ1v) is 17.5. The van der Waals surface area contributed by atoms with E-state index in [1.165, 1.54) is 0 Å². The quantitative estimate of drug-likeness (QED) is 0.181. The maximum Gasteiger partial charge on any atom is 0.264 e. The van der Waals surface area contributed by atoms with E-state index in [2.05, 4.69) is 21.2 Å². The van der Waals surface area contributed by atoms with Crippen LogP contribution >= 0.6 is 15.9 Å². The van der Waals surface area contributed by atoms with Gasteiger partial charge in [0, 0.05) is 23.5 Å². The molecule has 0 spiro atoms. The van der Waals surface area contributed by atoms with Crippen LogP contribution in [0.3, 0.4) is 0 Å². The molecule has 234 valence electrons. The number of benzene rings is 4. The van der Waals surface area contributed by atoms with Gasteiger partial charge in [0.25, 0.3) is 10.0 Å². The molecule has 0 aromatic heterocycles. The third-order valence-electron chi connectivity index (χ3n) is 8.15. The van der Waals surface area contributed by atoms with Crippen LogP contribution < -0.4 is 9.62 Å². The Morgan fingerprint density at radius 1 is 0.844 bits per heavy atom. The lowest BCUT2D eigenvalue weighted by molar-refractivity contribution is -0.140. The Balaban J connectivity index is 1.55. The van der Waals surface area contributed by atoms with Crippen molar-refractivity contribution in [3.8, 4) is 0 Å². The summed E-state index contributed by atoms with van der Waals surface area (Å²) in [6.07, 6.45) is 4.21. The first-order valence-electron chi connectivity index (χ1n) is 15.2. The zero-order valence-electron chi connectivity index (χ0n) is 25.3. The van der Waals surface area contributed by atoms with Crippen LogP contribution in [0.25, 0.3) is 0 Å². The third kappa shape index (κ3) is 8.41. The topological polar surface area (TPSA) is 86.8 Å². The molecule has 1 N–H and O–H groups in total. The van der Waals surface area contributed by atoms with Gasteiger partial charge in [-0.3, -0.25) is 13.9 Å². The molecule has 0 bridgehead atoms. The molecule has 1 atom stereocenters. The first-order chi connectivity index (χ1) is 21.7. The van der Waals surface area contributed by atoms with E-state index in [1.54, 1.807) is 53.4 Å². The maximum atomic E-state index is 14.5. The van der Waals surface area contributed by atoms with Crippen molar-refractivity contribution in [2.45, 2.75) is 62.6 Å². The fourth-order valence-electron chi connectivity index (χ4n) is 5.70. The highest BCUT2D eigenvalue weighted by Crippen LogP contribution is 2.28. The molecule has 1 fully saturated rings. The fourth-order valence-corrected chi connectivity index (χ4v) is 7.49. The van der Waals surface area contributed by atoms with Gasteiger partial charge in [0.1, 0.15) is 12.6 Å². The number of hydrogen-bond donors (Lipinski definition) is 1. The number of halogens is 1. The molecule has 1 aliphatic rings. The Kier molecular flexibility index (Phi) is 10.7. The number of carbonyl (C=O) groups is 2. The van der Waals surface area contributed by atoms with Crippen LogP contribution in [0.5, 0.6) is 0 Å². The molecule has 5 rings (SSSR count). The Bertz CT molecular complexity index is 1690. The second-order valence-electron chi connectivity index (χ2n) is 11.5. The van der Waals surface area contributed by atoms with Crippen molar-refractivity contribution >= 4 is 43.5 Å². The summed E-state index contributed by atoms with van der Waals surface area (Å²) in [4.78, 5) is 30.2. The van der Waals surface area contributed by atoms with Crippen LogP contribution in [-0.4, -0.2) is 43.8 Å². The van der Waals surface area contributed by atoms with E-state index in [1.807, 2.05) is 67.6 Å².